The average Bonchev–Trinajstić information content (AvgIpc) is 2.72. The van der Waals surface area contributed by atoms with Crippen molar-refractivity contribution >= 4 is 0 Å². The lowest BCUT2D eigenvalue weighted by Gasteiger charge is -2.36. The Labute approximate surface area is 102 Å². The van der Waals surface area contributed by atoms with E-state index in [-0.39, 0.29) is 0 Å². The molecule has 1 aliphatic rings. The van der Waals surface area contributed by atoms with Crippen LogP contribution >= 0.6 is 0 Å². The van der Waals surface area contributed by atoms with Gasteiger partial charge in [-0.25, -0.2) is 0 Å². The average molecular weight is 239 g/mol. The van der Waals surface area contributed by atoms with Crippen LogP contribution in [0.4, 0.5) is 0 Å². The van der Waals surface area contributed by atoms with Crippen molar-refractivity contribution in [1.29, 1.82) is 0 Å². The van der Waals surface area contributed by atoms with Gasteiger partial charge in [0.25, 0.3) is 0 Å². The summed E-state index contributed by atoms with van der Waals surface area (Å²) in [4.78, 5) is 2.43. The second-order valence-corrected chi connectivity index (χ2v) is 4.81. The van der Waals surface area contributed by atoms with Crippen LogP contribution in [0.15, 0.2) is 10.6 Å². The molecule has 1 aliphatic heterocycles. The highest BCUT2D eigenvalue weighted by atomic mass is 16.5. The molecular weight excluding hydrogens is 218 g/mol. The first-order valence-corrected chi connectivity index (χ1v) is 6.10. The van der Waals surface area contributed by atoms with Gasteiger partial charge in [-0.2, -0.15) is 0 Å². The molecule has 0 bridgehead atoms. The van der Waals surface area contributed by atoms with E-state index >= 15 is 0 Å². The van der Waals surface area contributed by atoms with Crippen LogP contribution in [0, 0.1) is 0 Å². The quantitative estimate of drug-likeness (QED) is 0.849. The Morgan fingerprint density at radius 2 is 2.41 bits per heavy atom. The van der Waals surface area contributed by atoms with Crippen molar-refractivity contribution in [2.24, 2.45) is 0 Å². The van der Waals surface area contributed by atoms with Gasteiger partial charge in [-0.1, -0.05) is 5.16 Å². The van der Waals surface area contributed by atoms with Gasteiger partial charge >= 0.3 is 0 Å². The number of nitrogens with one attached hydrogen (secondary N) is 1. The zero-order chi connectivity index (χ0) is 12.3. The van der Waals surface area contributed by atoms with Crippen LogP contribution in [-0.4, -0.2) is 42.3 Å². The van der Waals surface area contributed by atoms with Crippen molar-refractivity contribution < 1.29 is 9.26 Å². The van der Waals surface area contributed by atoms with Gasteiger partial charge in [0.2, 0.25) is 0 Å². The Kier molecular flexibility index (Phi) is 4.15. The van der Waals surface area contributed by atoms with Crippen LogP contribution in [0.1, 0.15) is 25.3 Å². The molecule has 1 aromatic rings. The Hall–Kier alpha value is -0.910. The summed E-state index contributed by atoms with van der Waals surface area (Å²) in [5.41, 5.74) is 0.984. The number of nitrogens with zero attached hydrogens (tertiary/aromatic N) is 2. The number of methoxy groups -OCH3 is 1. The monoisotopic (exact) mass is 239 g/mol. The summed E-state index contributed by atoms with van der Waals surface area (Å²) in [6.45, 7) is 7.85. The number of rotatable bonds is 4. The van der Waals surface area contributed by atoms with Gasteiger partial charge < -0.3 is 14.6 Å². The number of ether oxygens (including phenoxy) is 1. The van der Waals surface area contributed by atoms with Gasteiger partial charge in [0.1, 0.15) is 6.61 Å². The van der Waals surface area contributed by atoms with E-state index in [4.69, 9.17) is 9.26 Å². The fraction of sp³-hybridized carbons (Fsp3) is 0.750. The van der Waals surface area contributed by atoms with Crippen LogP contribution in [0.3, 0.4) is 0 Å². The highest BCUT2D eigenvalue weighted by molar-refractivity contribution is 5.05. The minimum atomic E-state index is 0.487. The molecule has 1 aromatic heterocycles. The lowest BCUT2D eigenvalue weighted by molar-refractivity contribution is 0.134. The molecule has 0 radical (unpaired) electrons. The Morgan fingerprint density at radius 1 is 1.59 bits per heavy atom. The van der Waals surface area contributed by atoms with Crippen LogP contribution in [-0.2, 0) is 17.9 Å². The van der Waals surface area contributed by atoms with Gasteiger partial charge in [0.05, 0.1) is 5.69 Å². The molecule has 1 N–H and O–H groups in total. The highest BCUT2D eigenvalue weighted by Gasteiger charge is 2.23. The van der Waals surface area contributed by atoms with Crippen LogP contribution in [0.25, 0.3) is 0 Å². The summed E-state index contributed by atoms with van der Waals surface area (Å²) in [5.74, 6) is 0.790. The van der Waals surface area contributed by atoms with E-state index < -0.39 is 0 Å². The fourth-order valence-corrected chi connectivity index (χ4v) is 2.17. The van der Waals surface area contributed by atoms with E-state index in [2.05, 4.69) is 29.2 Å². The fourth-order valence-electron chi connectivity index (χ4n) is 2.17. The van der Waals surface area contributed by atoms with E-state index in [0.717, 1.165) is 31.1 Å². The van der Waals surface area contributed by atoms with Crippen molar-refractivity contribution in [3.63, 3.8) is 0 Å². The predicted octanol–water partition coefficient (Wildman–Crippen LogP) is 1.00. The summed E-state index contributed by atoms with van der Waals surface area (Å²) in [7, 11) is 1.66. The smallest absolute Gasteiger partial charge is 0.162 e. The summed E-state index contributed by atoms with van der Waals surface area (Å²) in [5, 5.41) is 7.54. The van der Waals surface area contributed by atoms with Crippen LogP contribution < -0.4 is 5.32 Å². The van der Waals surface area contributed by atoms with Gasteiger partial charge in [-0.05, 0) is 13.8 Å². The molecule has 2 unspecified atom stereocenters. The van der Waals surface area contributed by atoms with Gasteiger partial charge in [0.15, 0.2) is 5.76 Å². The third-order valence-corrected chi connectivity index (χ3v) is 3.15. The molecule has 0 amide bonds. The zero-order valence-electron chi connectivity index (χ0n) is 10.8. The van der Waals surface area contributed by atoms with E-state index in [1.165, 1.54) is 0 Å². The van der Waals surface area contributed by atoms with Gasteiger partial charge in [-0.3, -0.25) is 4.90 Å². The molecule has 2 atom stereocenters. The molecule has 2 rings (SSSR count). The largest absolute Gasteiger partial charge is 0.377 e. The van der Waals surface area contributed by atoms with Crippen molar-refractivity contribution in [2.75, 3.05) is 20.2 Å². The number of piperazine rings is 1. The van der Waals surface area contributed by atoms with Gasteiger partial charge in [-0.15, -0.1) is 0 Å². The molecule has 1 saturated heterocycles. The lowest BCUT2D eigenvalue weighted by Crippen LogP contribution is -2.53. The minimum Gasteiger partial charge on any atom is -0.377 e. The Bertz CT molecular complexity index is 353. The standard InChI is InChI=1S/C12H21N3O2/c1-9-6-15(10(2)5-13-9)7-11-4-12(8-16-3)17-14-11/h4,9-10,13H,5-8H2,1-3H3. The molecule has 1 fully saturated rings. The first-order valence-electron chi connectivity index (χ1n) is 6.10. The molecular formula is C12H21N3O2. The zero-order valence-corrected chi connectivity index (χ0v) is 10.8. The van der Waals surface area contributed by atoms with Crippen molar-refractivity contribution in [1.82, 2.24) is 15.4 Å². The summed E-state index contributed by atoms with van der Waals surface area (Å²) in [6, 6.07) is 3.05. The molecule has 96 valence electrons. The van der Waals surface area contributed by atoms with Crippen LogP contribution in [0.2, 0.25) is 0 Å². The second kappa shape index (κ2) is 5.62. The maximum Gasteiger partial charge on any atom is 0.162 e. The first kappa shape index (κ1) is 12.5. The second-order valence-electron chi connectivity index (χ2n) is 4.81. The molecule has 0 saturated carbocycles. The third-order valence-electron chi connectivity index (χ3n) is 3.15. The third kappa shape index (κ3) is 3.28. The number of hydrogen-bond acceptors (Lipinski definition) is 5. The Balaban J connectivity index is 1.94. The van der Waals surface area contributed by atoms with E-state index in [0.29, 0.717) is 18.7 Å². The summed E-state index contributed by atoms with van der Waals surface area (Å²) >= 11 is 0. The molecule has 17 heavy (non-hydrogen) atoms. The van der Waals surface area contributed by atoms with E-state index in [1.54, 1.807) is 7.11 Å². The minimum absolute atomic E-state index is 0.487. The molecule has 0 aromatic carbocycles. The molecule has 0 spiro atoms. The van der Waals surface area contributed by atoms with E-state index in [9.17, 15) is 0 Å². The molecule has 5 nitrogen and oxygen atoms in total. The highest BCUT2D eigenvalue weighted by Crippen LogP contribution is 2.13. The maximum absolute atomic E-state index is 5.19. The maximum atomic E-state index is 5.19. The predicted molar refractivity (Wildman–Crippen MR) is 64.6 cm³/mol. The molecule has 5 heteroatoms. The molecule has 2 heterocycles. The van der Waals surface area contributed by atoms with E-state index in [1.807, 2.05) is 6.07 Å². The van der Waals surface area contributed by atoms with Crippen LogP contribution in [0.5, 0.6) is 0 Å². The normalized spacial score (nSPS) is 26.3. The lowest BCUT2D eigenvalue weighted by atomic mass is 10.1. The van der Waals surface area contributed by atoms with Crippen molar-refractivity contribution in [2.45, 2.75) is 39.1 Å². The molecule has 0 aliphatic carbocycles. The first-order chi connectivity index (χ1) is 8.19. The van der Waals surface area contributed by atoms with Crippen molar-refractivity contribution in [3.05, 3.63) is 17.5 Å². The summed E-state index contributed by atoms with van der Waals surface area (Å²) < 4.78 is 10.2. The Morgan fingerprint density at radius 3 is 3.18 bits per heavy atom. The SMILES string of the molecule is COCc1cc(CN2CC(C)NCC2C)no1. The van der Waals surface area contributed by atoms with Gasteiger partial charge in [0, 0.05) is 44.9 Å². The topological polar surface area (TPSA) is 50.5 Å². The summed E-state index contributed by atoms with van der Waals surface area (Å²) in [6.07, 6.45) is 0. The number of hydrogen-bond donors (Lipinski definition) is 1. The van der Waals surface area contributed by atoms with Crippen molar-refractivity contribution in [3.8, 4) is 0 Å². The number of aromatic nitrogens is 1.